The third kappa shape index (κ3) is 4.43. The molecule has 0 aliphatic rings. The molecular formula is C13H19NO2. The summed E-state index contributed by atoms with van der Waals surface area (Å²) in [7, 11) is 0. The van der Waals surface area contributed by atoms with Crippen LogP contribution in [0.3, 0.4) is 0 Å². The van der Waals surface area contributed by atoms with Crippen molar-refractivity contribution in [3.05, 3.63) is 29.1 Å². The molecule has 88 valence electrons. The third-order valence-corrected chi connectivity index (χ3v) is 2.24. The molecule has 0 N–H and O–H groups in total. The smallest absolute Gasteiger partial charge is 0.293 e. The number of nitrogens with zero attached hydrogens (tertiary/aromatic N) is 1. The van der Waals surface area contributed by atoms with Crippen molar-refractivity contribution in [2.24, 2.45) is 5.92 Å². The number of carbonyl (C=O) groups is 1. The largest absolute Gasteiger partial charge is 0.467 e. The van der Waals surface area contributed by atoms with Crippen molar-refractivity contribution in [2.45, 2.75) is 33.6 Å². The van der Waals surface area contributed by atoms with Crippen molar-refractivity contribution in [3.8, 4) is 0 Å². The molecule has 0 radical (unpaired) electrons. The first-order valence-electron chi connectivity index (χ1n) is 5.63. The monoisotopic (exact) mass is 221 g/mol. The number of hydrogen-bond acceptors (Lipinski definition) is 3. The fraction of sp³-hybridized carbons (Fsp3) is 0.538. The zero-order valence-electron chi connectivity index (χ0n) is 10.2. The van der Waals surface area contributed by atoms with Gasteiger partial charge in [0.1, 0.15) is 0 Å². The molecule has 0 saturated heterocycles. The van der Waals surface area contributed by atoms with Crippen LogP contribution in [0.2, 0.25) is 0 Å². The van der Waals surface area contributed by atoms with Crippen LogP contribution < -0.4 is 0 Å². The van der Waals surface area contributed by atoms with E-state index in [4.69, 9.17) is 0 Å². The third-order valence-electron chi connectivity index (χ3n) is 2.24. The summed E-state index contributed by atoms with van der Waals surface area (Å²) in [5.74, 6) is 0.605. The van der Waals surface area contributed by atoms with Gasteiger partial charge in [0.05, 0.1) is 6.61 Å². The molecule has 0 atom stereocenters. The van der Waals surface area contributed by atoms with Gasteiger partial charge in [0.15, 0.2) is 0 Å². The van der Waals surface area contributed by atoms with Crippen LogP contribution >= 0.6 is 0 Å². The SMILES string of the molecule is Cc1cc(CCOC=O)nc(CC(C)C)c1. The lowest BCUT2D eigenvalue weighted by molar-refractivity contribution is -0.128. The second kappa shape index (κ2) is 6.26. The van der Waals surface area contributed by atoms with Gasteiger partial charge in [-0.3, -0.25) is 9.78 Å². The van der Waals surface area contributed by atoms with Gasteiger partial charge in [-0.1, -0.05) is 13.8 Å². The van der Waals surface area contributed by atoms with E-state index in [2.05, 4.69) is 36.6 Å². The van der Waals surface area contributed by atoms with Crippen molar-refractivity contribution in [1.29, 1.82) is 0 Å². The number of aryl methyl sites for hydroxylation is 1. The first-order valence-corrected chi connectivity index (χ1v) is 5.63. The van der Waals surface area contributed by atoms with E-state index in [-0.39, 0.29) is 0 Å². The Morgan fingerprint density at radius 3 is 2.69 bits per heavy atom. The molecule has 0 saturated carbocycles. The standard InChI is InChI=1S/C13H19NO2/c1-10(2)6-13-8-11(3)7-12(14-13)4-5-16-9-15/h7-10H,4-6H2,1-3H3. The summed E-state index contributed by atoms with van der Waals surface area (Å²) < 4.78 is 4.68. The maximum atomic E-state index is 10.0. The highest BCUT2D eigenvalue weighted by molar-refractivity contribution is 5.36. The molecule has 0 aliphatic heterocycles. The Morgan fingerprint density at radius 1 is 1.38 bits per heavy atom. The Hall–Kier alpha value is -1.38. The van der Waals surface area contributed by atoms with Gasteiger partial charge in [0.2, 0.25) is 0 Å². The predicted octanol–water partition coefficient (Wildman–Crippen LogP) is 2.30. The molecule has 3 heteroatoms. The molecule has 1 aromatic heterocycles. The zero-order chi connectivity index (χ0) is 12.0. The van der Waals surface area contributed by atoms with Crippen LogP contribution in [0.5, 0.6) is 0 Å². The van der Waals surface area contributed by atoms with E-state index in [1.165, 1.54) is 5.56 Å². The fourth-order valence-electron chi connectivity index (χ4n) is 1.68. The quantitative estimate of drug-likeness (QED) is 0.546. The minimum absolute atomic E-state index is 0.404. The summed E-state index contributed by atoms with van der Waals surface area (Å²) in [4.78, 5) is 14.6. The van der Waals surface area contributed by atoms with Gasteiger partial charge in [-0.15, -0.1) is 0 Å². The van der Waals surface area contributed by atoms with E-state index in [9.17, 15) is 4.79 Å². The second-order valence-corrected chi connectivity index (χ2v) is 4.44. The van der Waals surface area contributed by atoms with Gasteiger partial charge in [-0.25, -0.2) is 0 Å². The lowest BCUT2D eigenvalue weighted by Gasteiger charge is -2.08. The van der Waals surface area contributed by atoms with Gasteiger partial charge in [0.25, 0.3) is 6.47 Å². The fourth-order valence-corrected chi connectivity index (χ4v) is 1.68. The lowest BCUT2D eigenvalue weighted by Crippen LogP contribution is -2.04. The van der Waals surface area contributed by atoms with E-state index in [0.717, 1.165) is 17.8 Å². The minimum Gasteiger partial charge on any atom is -0.467 e. The molecule has 1 heterocycles. The maximum absolute atomic E-state index is 10.0. The normalized spacial score (nSPS) is 10.5. The summed E-state index contributed by atoms with van der Waals surface area (Å²) >= 11 is 0. The highest BCUT2D eigenvalue weighted by Crippen LogP contribution is 2.10. The molecule has 0 bridgehead atoms. The van der Waals surface area contributed by atoms with Gasteiger partial charge in [0, 0.05) is 17.8 Å². The van der Waals surface area contributed by atoms with Crippen LogP contribution in [-0.4, -0.2) is 18.1 Å². The number of hydrogen-bond donors (Lipinski definition) is 0. The average molecular weight is 221 g/mol. The van der Waals surface area contributed by atoms with Crippen LogP contribution in [0.1, 0.15) is 30.8 Å². The van der Waals surface area contributed by atoms with Crippen LogP contribution in [0.15, 0.2) is 12.1 Å². The highest BCUT2D eigenvalue weighted by atomic mass is 16.5. The summed E-state index contributed by atoms with van der Waals surface area (Å²) in [6.07, 6.45) is 1.68. The van der Waals surface area contributed by atoms with E-state index < -0.39 is 0 Å². The first-order chi connectivity index (χ1) is 7.61. The van der Waals surface area contributed by atoms with Crippen molar-refractivity contribution in [2.75, 3.05) is 6.61 Å². The number of ether oxygens (including phenoxy) is 1. The van der Waals surface area contributed by atoms with Gasteiger partial charge < -0.3 is 4.74 Å². The van der Waals surface area contributed by atoms with E-state index >= 15 is 0 Å². The van der Waals surface area contributed by atoms with Gasteiger partial charge in [-0.2, -0.15) is 0 Å². The van der Waals surface area contributed by atoms with Crippen molar-refractivity contribution >= 4 is 6.47 Å². The highest BCUT2D eigenvalue weighted by Gasteiger charge is 2.03. The Kier molecular flexibility index (Phi) is 4.96. The molecule has 3 nitrogen and oxygen atoms in total. The number of rotatable bonds is 6. The van der Waals surface area contributed by atoms with Crippen molar-refractivity contribution < 1.29 is 9.53 Å². The van der Waals surface area contributed by atoms with Crippen molar-refractivity contribution in [1.82, 2.24) is 4.98 Å². The molecule has 0 aromatic carbocycles. The Bertz CT molecular complexity index is 348. The summed E-state index contributed by atoms with van der Waals surface area (Å²) in [5, 5.41) is 0. The molecule has 0 fully saturated rings. The Morgan fingerprint density at radius 2 is 2.06 bits per heavy atom. The van der Waals surface area contributed by atoms with E-state index in [1.54, 1.807) is 0 Å². The average Bonchev–Trinajstić information content (AvgIpc) is 2.16. The lowest BCUT2D eigenvalue weighted by atomic mass is 10.1. The first kappa shape index (κ1) is 12.7. The summed E-state index contributed by atoms with van der Waals surface area (Å²) in [5.41, 5.74) is 3.33. The molecule has 1 aromatic rings. The predicted molar refractivity (Wildman–Crippen MR) is 63.2 cm³/mol. The maximum Gasteiger partial charge on any atom is 0.293 e. The number of aromatic nitrogens is 1. The van der Waals surface area contributed by atoms with Crippen LogP contribution in [0.25, 0.3) is 0 Å². The summed E-state index contributed by atoms with van der Waals surface area (Å²) in [6, 6.07) is 4.15. The molecule has 0 unspecified atom stereocenters. The van der Waals surface area contributed by atoms with Gasteiger partial charge >= 0.3 is 0 Å². The van der Waals surface area contributed by atoms with Crippen molar-refractivity contribution in [3.63, 3.8) is 0 Å². The molecule has 0 spiro atoms. The Labute approximate surface area is 96.8 Å². The molecule has 0 amide bonds. The number of pyridine rings is 1. The second-order valence-electron chi connectivity index (χ2n) is 4.44. The minimum atomic E-state index is 0.404. The molecule has 16 heavy (non-hydrogen) atoms. The topological polar surface area (TPSA) is 39.2 Å². The Balaban J connectivity index is 2.69. The molecule has 1 rings (SSSR count). The van der Waals surface area contributed by atoms with E-state index in [1.807, 2.05) is 6.07 Å². The van der Waals surface area contributed by atoms with Crippen LogP contribution in [0, 0.1) is 12.8 Å². The van der Waals surface area contributed by atoms with Crippen LogP contribution in [0.4, 0.5) is 0 Å². The zero-order valence-corrected chi connectivity index (χ0v) is 10.2. The number of carbonyl (C=O) groups excluding carboxylic acids is 1. The summed E-state index contributed by atoms with van der Waals surface area (Å²) in [6.45, 7) is 7.31. The molecular weight excluding hydrogens is 202 g/mol. The van der Waals surface area contributed by atoms with E-state index in [0.29, 0.717) is 25.4 Å². The van der Waals surface area contributed by atoms with Gasteiger partial charge in [-0.05, 0) is 37.0 Å². The van der Waals surface area contributed by atoms with Crippen LogP contribution in [-0.2, 0) is 22.4 Å². The molecule has 0 aliphatic carbocycles.